The van der Waals surface area contributed by atoms with E-state index >= 15 is 0 Å². The van der Waals surface area contributed by atoms with Crippen LogP contribution in [0.1, 0.15) is 110 Å². The summed E-state index contributed by atoms with van der Waals surface area (Å²) in [6.45, 7) is 0.622. The fourth-order valence-corrected chi connectivity index (χ4v) is 5.27. The molecule has 0 spiro atoms. The average Bonchev–Trinajstić information content (AvgIpc) is 2.88. The van der Waals surface area contributed by atoms with Crippen molar-refractivity contribution in [3.05, 3.63) is 0 Å². The first kappa shape index (κ1) is 40.1. The summed E-state index contributed by atoms with van der Waals surface area (Å²) in [5, 5.41) is 29.7. The second-order valence-electron chi connectivity index (χ2n) is 10.5. The van der Waals surface area contributed by atoms with Crippen molar-refractivity contribution < 1.29 is 81.2 Å². The van der Waals surface area contributed by atoms with Crippen molar-refractivity contribution in [3.8, 4) is 0 Å². The number of aliphatic hydroxyl groups excluding tert-OH is 3. The monoisotopic (exact) mass is 607 g/mol. The minimum absolute atomic E-state index is 0. The molecule has 1 fully saturated rings. The minimum Gasteiger partial charge on any atom is -0.748 e. The van der Waals surface area contributed by atoms with Crippen LogP contribution in [0.25, 0.3) is 0 Å². The molecule has 1 aliphatic rings. The first-order chi connectivity index (χ1) is 18.6. The van der Waals surface area contributed by atoms with Gasteiger partial charge in [-0.15, -0.1) is 0 Å². The molecule has 1 heterocycles. The third kappa shape index (κ3) is 18.6. The average molecular weight is 608 g/mol. The van der Waals surface area contributed by atoms with Crippen molar-refractivity contribution in [2.45, 2.75) is 146 Å². The number of carbonyl (C=O) groups excluding carboxylic acids is 1. The van der Waals surface area contributed by atoms with E-state index in [0.717, 1.165) is 19.3 Å². The molecule has 40 heavy (non-hydrogen) atoms. The van der Waals surface area contributed by atoms with E-state index in [1.807, 2.05) is 0 Å². The molecule has 3 unspecified atom stereocenters. The van der Waals surface area contributed by atoms with E-state index in [0.29, 0.717) is 6.42 Å². The van der Waals surface area contributed by atoms with Gasteiger partial charge in [-0.3, -0.25) is 4.79 Å². The SMILES string of the molecule is CCCCCCCCCCCCCCCCCC(=O)OC(C[18F])CO[C@@H]1OC(CS(=O)(=O)[O-])[C@H](O)[C@H](O)C1O.[Na+]. The van der Waals surface area contributed by atoms with Crippen LogP contribution >= 0.6 is 0 Å². The van der Waals surface area contributed by atoms with Gasteiger partial charge in [-0.05, 0) is 6.42 Å². The van der Waals surface area contributed by atoms with Gasteiger partial charge in [0.25, 0.3) is 0 Å². The van der Waals surface area contributed by atoms with Gasteiger partial charge in [0.1, 0.15) is 31.1 Å². The van der Waals surface area contributed by atoms with Crippen LogP contribution in [0.2, 0.25) is 0 Å². The Balaban J connectivity index is 0.0000152. The van der Waals surface area contributed by atoms with Crippen LogP contribution in [0.3, 0.4) is 0 Å². The number of unbranched alkanes of at least 4 members (excludes halogenated alkanes) is 14. The Labute approximate surface area is 261 Å². The molecule has 0 aromatic heterocycles. The standard InChI is InChI=1S/C27H51FO10S.Na/c1-2-3-4-5-6-7-8-9-10-11-12-13-14-15-16-17-23(29)37-21(18-28)19-36-27-26(32)25(31)24(30)22(38-27)20-39(33,34)35;/h21-22,24-27,30-32H,2-20H2,1H3,(H,33,34,35);/q;+1/p-1/t21?,22?,24-,25-,26?,27+;/m0./s1/i28-1;. The fraction of sp³-hybridized carbons (Fsp3) is 0.963. The Kier molecular flexibility index (Phi) is 23.6. The molecule has 0 saturated carbocycles. The second kappa shape index (κ2) is 23.6. The van der Waals surface area contributed by atoms with E-state index in [9.17, 15) is 37.5 Å². The zero-order chi connectivity index (χ0) is 29.1. The number of esters is 1. The molecule has 0 aliphatic carbocycles. The zero-order valence-corrected chi connectivity index (χ0v) is 27.2. The molecule has 0 aromatic carbocycles. The Morgan fingerprint density at radius 1 is 0.850 bits per heavy atom. The maximum Gasteiger partial charge on any atom is 1.00 e. The van der Waals surface area contributed by atoms with Crippen molar-refractivity contribution in [3.63, 3.8) is 0 Å². The van der Waals surface area contributed by atoms with Crippen molar-refractivity contribution in [1.82, 2.24) is 0 Å². The summed E-state index contributed by atoms with van der Waals surface area (Å²) in [6.07, 6.45) is 8.05. The summed E-state index contributed by atoms with van der Waals surface area (Å²) >= 11 is 0. The maximum absolute atomic E-state index is 13.4. The molecule has 232 valence electrons. The molecular weight excluding hydrogens is 557 g/mol. The van der Waals surface area contributed by atoms with Gasteiger partial charge in [-0.25, -0.2) is 12.8 Å². The largest absolute Gasteiger partial charge is 1.00 e. The number of rotatable bonds is 23. The van der Waals surface area contributed by atoms with E-state index in [1.165, 1.54) is 70.6 Å². The predicted molar refractivity (Wildman–Crippen MR) is 143 cm³/mol. The Hall–Kier alpha value is 0.110. The number of hydrogen-bond donors (Lipinski definition) is 3. The molecule has 0 amide bonds. The number of alkyl halides is 1. The molecule has 6 atom stereocenters. The molecule has 0 aromatic rings. The van der Waals surface area contributed by atoms with Gasteiger partial charge < -0.3 is 34.1 Å². The van der Waals surface area contributed by atoms with Gasteiger partial charge >= 0.3 is 35.5 Å². The van der Waals surface area contributed by atoms with Gasteiger partial charge in [-0.2, -0.15) is 0 Å². The topological polar surface area (TPSA) is 163 Å². The number of aliphatic hydroxyl groups is 3. The summed E-state index contributed by atoms with van der Waals surface area (Å²) < 4.78 is 61.7. The van der Waals surface area contributed by atoms with Crippen molar-refractivity contribution in [2.24, 2.45) is 0 Å². The fourth-order valence-electron chi connectivity index (χ4n) is 4.59. The normalized spacial score (nSPS) is 23.9. The van der Waals surface area contributed by atoms with Crippen LogP contribution < -0.4 is 29.6 Å². The molecule has 10 nitrogen and oxygen atoms in total. The van der Waals surface area contributed by atoms with Gasteiger partial charge in [0, 0.05) is 6.42 Å². The van der Waals surface area contributed by atoms with E-state index in [1.54, 1.807) is 0 Å². The summed E-state index contributed by atoms with van der Waals surface area (Å²) in [5.74, 6) is -1.75. The van der Waals surface area contributed by atoms with Crippen molar-refractivity contribution >= 4 is 16.1 Å². The summed E-state index contributed by atoms with van der Waals surface area (Å²) in [4.78, 5) is 12.1. The van der Waals surface area contributed by atoms with Crippen LogP contribution in [0.5, 0.6) is 0 Å². The molecule has 0 bridgehead atoms. The zero-order valence-electron chi connectivity index (χ0n) is 24.4. The summed E-state index contributed by atoms with van der Waals surface area (Å²) in [6, 6.07) is 0. The van der Waals surface area contributed by atoms with Crippen LogP contribution in [-0.2, 0) is 29.1 Å². The van der Waals surface area contributed by atoms with E-state index in [-0.39, 0.29) is 36.0 Å². The number of carbonyl (C=O) groups is 1. The summed E-state index contributed by atoms with van der Waals surface area (Å²) in [7, 11) is -4.81. The maximum atomic E-state index is 13.4. The molecule has 13 heteroatoms. The first-order valence-corrected chi connectivity index (χ1v) is 16.2. The quantitative estimate of drug-likeness (QED) is 0.0645. The van der Waals surface area contributed by atoms with Crippen LogP contribution in [0, 0.1) is 0 Å². The molecule has 1 rings (SSSR count). The molecule has 1 aliphatic heterocycles. The Morgan fingerprint density at radius 2 is 1.32 bits per heavy atom. The van der Waals surface area contributed by atoms with E-state index in [2.05, 4.69) is 6.92 Å². The predicted octanol–water partition coefficient (Wildman–Crippen LogP) is 0.503. The first-order valence-electron chi connectivity index (χ1n) is 14.6. The Morgan fingerprint density at radius 3 is 1.77 bits per heavy atom. The smallest absolute Gasteiger partial charge is 0.748 e. The summed E-state index contributed by atoms with van der Waals surface area (Å²) in [5.41, 5.74) is 0. The molecule has 0 radical (unpaired) electrons. The van der Waals surface area contributed by atoms with E-state index < -0.39 is 71.9 Å². The van der Waals surface area contributed by atoms with Crippen LogP contribution in [0.15, 0.2) is 0 Å². The molecule has 3 N–H and O–H groups in total. The van der Waals surface area contributed by atoms with Gasteiger partial charge in [0.15, 0.2) is 12.4 Å². The minimum atomic E-state index is -4.81. The number of halogens is 1. The van der Waals surface area contributed by atoms with Crippen LogP contribution in [0.4, 0.5) is 4.39 Å². The second-order valence-corrected chi connectivity index (χ2v) is 12.0. The Bertz CT molecular complexity index is 745. The van der Waals surface area contributed by atoms with Gasteiger partial charge in [0.2, 0.25) is 0 Å². The molecular formula is C27H50FNaO10S. The van der Waals surface area contributed by atoms with Gasteiger partial charge in [0.05, 0.1) is 22.5 Å². The van der Waals surface area contributed by atoms with E-state index in [4.69, 9.17) is 14.2 Å². The van der Waals surface area contributed by atoms with Crippen LogP contribution in [-0.4, -0.2) is 90.1 Å². The van der Waals surface area contributed by atoms with Gasteiger partial charge in [-0.1, -0.05) is 96.8 Å². The van der Waals surface area contributed by atoms with Crippen molar-refractivity contribution in [1.29, 1.82) is 0 Å². The molecule has 1 saturated heterocycles. The number of ether oxygens (including phenoxy) is 3. The number of hydrogen-bond acceptors (Lipinski definition) is 10. The third-order valence-electron chi connectivity index (χ3n) is 6.94. The van der Waals surface area contributed by atoms with Crippen molar-refractivity contribution in [2.75, 3.05) is 19.0 Å². The third-order valence-corrected chi connectivity index (χ3v) is 7.67.